The molecule has 1 nitrogen and oxygen atoms in total. The maximum Gasteiger partial charge on any atom is 0.0467 e. The summed E-state index contributed by atoms with van der Waals surface area (Å²) in [6, 6.07) is 12.3. The Morgan fingerprint density at radius 1 is 1.10 bits per heavy atom. The molecule has 2 aromatic rings. The molecule has 2 rings (SSSR count). The number of nitrogens with two attached hydrogens (primary N) is 1. The molecule has 20 heavy (non-hydrogen) atoms. The second-order valence-electron chi connectivity index (χ2n) is 5.64. The molecule has 0 radical (unpaired) electrons. The van der Waals surface area contributed by atoms with Crippen molar-refractivity contribution in [3.05, 3.63) is 68.1 Å². The number of aryl methyl sites for hydroxylation is 2. The predicted molar refractivity (Wildman–Crippen MR) is 90.3 cm³/mol. The van der Waals surface area contributed by atoms with Crippen LogP contribution in [0, 0.1) is 13.8 Å². The molecule has 0 amide bonds. The van der Waals surface area contributed by atoms with Gasteiger partial charge >= 0.3 is 0 Å². The first kappa shape index (κ1) is 15.6. The van der Waals surface area contributed by atoms with Crippen LogP contribution >= 0.6 is 27.5 Å². The first-order chi connectivity index (χ1) is 9.29. The Hall–Kier alpha value is -0.830. The summed E-state index contributed by atoms with van der Waals surface area (Å²) in [6.45, 7) is 6.27. The monoisotopic (exact) mass is 351 g/mol. The molecule has 0 aliphatic rings. The highest BCUT2D eigenvalue weighted by Crippen LogP contribution is 2.31. The number of hydrogen-bond acceptors (Lipinski definition) is 1. The largest absolute Gasteiger partial charge is 0.321 e. The quantitative estimate of drug-likeness (QED) is 0.813. The molecular weight excluding hydrogens is 334 g/mol. The van der Waals surface area contributed by atoms with Crippen LogP contribution in [0.5, 0.6) is 0 Å². The molecule has 0 fully saturated rings. The van der Waals surface area contributed by atoms with Gasteiger partial charge in [0, 0.05) is 15.0 Å². The molecule has 3 heteroatoms. The molecule has 0 aromatic heterocycles. The van der Waals surface area contributed by atoms with Gasteiger partial charge in [0.05, 0.1) is 0 Å². The summed E-state index contributed by atoms with van der Waals surface area (Å²) in [4.78, 5) is 0. The summed E-state index contributed by atoms with van der Waals surface area (Å²) in [5.74, 6) is 0. The summed E-state index contributed by atoms with van der Waals surface area (Å²) in [6.07, 6.45) is 0.759. The first-order valence-electron chi connectivity index (χ1n) is 6.60. The van der Waals surface area contributed by atoms with E-state index in [2.05, 4.69) is 48.0 Å². The molecule has 0 saturated carbocycles. The van der Waals surface area contributed by atoms with Crippen molar-refractivity contribution in [2.45, 2.75) is 32.7 Å². The topological polar surface area (TPSA) is 26.0 Å². The van der Waals surface area contributed by atoms with Gasteiger partial charge in [-0.25, -0.2) is 0 Å². The third-order valence-corrected chi connectivity index (χ3v) is 4.50. The summed E-state index contributed by atoms with van der Waals surface area (Å²) < 4.78 is 0.966. The van der Waals surface area contributed by atoms with Crippen molar-refractivity contribution < 1.29 is 0 Å². The fourth-order valence-electron chi connectivity index (χ4n) is 2.39. The van der Waals surface area contributed by atoms with Crippen LogP contribution in [0.1, 0.15) is 29.2 Å². The second-order valence-corrected chi connectivity index (χ2v) is 6.96. The van der Waals surface area contributed by atoms with E-state index >= 15 is 0 Å². The van der Waals surface area contributed by atoms with E-state index < -0.39 is 5.54 Å². The predicted octanol–water partition coefficient (Wildman–Crippen LogP) is 5.14. The minimum Gasteiger partial charge on any atom is -0.321 e. The Balaban J connectivity index is 2.32. The lowest BCUT2D eigenvalue weighted by Gasteiger charge is -2.27. The zero-order chi connectivity index (χ0) is 14.9. The van der Waals surface area contributed by atoms with Gasteiger partial charge in [0.25, 0.3) is 0 Å². The first-order valence-corrected chi connectivity index (χ1v) is 7.77. The molecule has 0 aliphatic carbocycles. The Kier molecular flexibility index (Phi) is 4.58. The molecular formula is C17H19BrClN. The van der Waals surface area contributed by atoms with Crippen molar-refractivity contribution >= 4 is 27.5 Å². The Bertz CT molecular complexity index is 635. The van der Waals surface area contributed by atoms with Crippen LogP contribution in [0.3, 0.4) is 0 Å². The van der Waals surface area contributed by atoms with Gasteiger partial charge in [-0.3, -0.25) is 0 Å². The van der Waals surface area contributed by atoms with Gasteiger partial charge in [-0.05, 0) is 61.6 Å². The molecule has 0 aliphatic heterocycles. The molecule has 0 spiro atoms. The van der Waals surface area contributed by atoms with Gasteiger partial charge in [0.15, 0.2) is 0 Å². The van der Waals surface area contributed by atoms with Crippen molar-refractivity contribution in [3.63, 3.8) is 0 Å². The number of rotatable bonds is 3. The van der Waals surface area contributed by atoms with Crippen LogP contribution in [0.25, 0.3) is 0 Å². The van der Waals surface area contributed by atoms with Crippen molar-refractivity contribution in [3.8, 4) is 0 Å². The molecule has 0 heterocycles. The zero-order valence-corrected chi connectivity index (χ0v) is 14.3. The van der Waals surface area contributed by atoms with E-state index in [9.17, 15) is 0 Å². The van der Waals surface area contributed by atoms with Crippen LogP contribution in [0.2, 0.25) is 5.02 Å². The minimum absolute atomic E-state index is 0.487. The van der Waals surface area contributed by atoms with Crippen molar-refractivity contribution in [2.24, 2.45) is 5.73 Å². The van der Waals surface area contributed by atoms with Gasteiger partial charge < -0.3 is 5.73 Å². The molecule has 1 unspecified atom stereocenters. The van der Waals surface area contributed by atoms with Gasteiger partial charge in [-0.2, -0.15) is 0 Å². The molecule has 2 aromatic carbocycles. The van der Waals surface area contributed by atoms with E-state index in [0.29, 0.717) is 5.02 Å². The number of halogens is 2. The maximum absolute atomic E-state index is 6.51. The molecule has 1 atom stereocenters. The average Bonchev–Trinajstić information content (AvgIpc) is 2.33. The van der Waals surface area contributed by atoms with Gasteiger partial charge in [-0.15, -0.1) is 0 Å². The SMILES string of the molecule is Cc1ccc(CC(C)(N)c2ccc(Br)cc2Cl)cc1C. The summed E-state index contributed by atoms with van der Waals surface area (Å²) >= 11 is 9.75. The maximum atomic E-state index is 6.51. The summed E-state index contributed by atoms with van der Waals surface area (Å²) in [7, 11) is 0. The zero-order valence-electron chi connectivity index (χ0n) is 12.0. The Morgan fingerprint density at radius 3 is 2.40 bits per heavy atom. The number of hydrogen-bond donors (Lipinski definition) is 1. The van der Waals surface area contributed by atoms with Crippen molar-refractivity contribution in [1.29, 1.82) is 0 Å². The lowest BCUT2D eigenvalue weighted by molar-refractivity contribution is 0.491. The molecule has 2 N–H and O–H groups in total. The lowest BCUT2D eigenvalue weighted by atomic mass is 9.86. The third kappa shape index (κ3) is 3.43. The Labute approximate surface area is 134 Å². The van der Waals surface area contributed by atoms with E-state index in [-0.39, 0.29) is 0 Å². The number of benzene rings is 2. The summed E-state index contributed by atoms with van der Waals surface area (Å²) in [5.41, 5.74) is 10.8. The van der Waals surface area contributed by atoms with Gasteiger partial charge in [0.1, 0.15) is 0 Å². The smallest absolute Gasteiger partial charge is 0.0467 e. The van der Waals surface area contributed by atoms with Crippen molar-refractivity contribution in [1.82, 2.24) is 0 Å². The van der Waals surface area contributed by atoms with E-state index in [4.69, 9.17) is 17.3 Å². The lowest BCUT2D eigenvalue weighted by Crippen LogP contribution is -2.35. The van der Waals surface area contributed by atoms with E-state index in [1.807, 2.05) is 25.1 Å². The van der Waals surface area contributed by atoms with Crippen LogP contribution in [-0.4, -0.2) is 0 Å². The fourth-order valence-corrected chi connectivity index (χ4v) is 3.27. The normalized spacial score (nSPS) is 14.1. The third-order valence-electron chi connectivity index (χ3n) is 3.69. The highest BCUT2D eigenvalue weighted by atomic mass is 79.9. The fraction of sp³-hybridized carbons (Fsp3) is 0.294. The standard InChI is InChI=1S/C17H19BrClN/c1-11-4-5-13(8-12(11)2)10-17(3,20)15-7-6-14(18)9-16(15)19/h4-9H,10,20H2,1-3H3. The molecule has 0 bridgehead atoms. The van der Waals surface area contributed by atoms with E-state index in [1.54, 1.807) is 0 Å². The van der Waals surface area contributed by atoms with Crippen LogP contribution < -0.4 is 5.73 Å². The van der Waals surface area contributed by atoms with E-state index in [0.717, 1.165) is 16.5 Å². The van der Waals surface area contributed by atoms with Crippen molar-refractivity contribution in [2.75, 3.05) is 0 Å². The Morgan fingerprint density at radius 2 is 1.80 bits per heavy atom. The highest BCUT2D eigenvalue weighted by Gasteiger charge is 2.24. The highest BCUT2D eigenvalue weighted by molar-refractivity contribution is 9.10. The second kappa shape index (κ2) is 5.88. The van der Waals surface area contributed by atoms with Crippen LogP contribution in [0.15, 0.2) is 40.9 Å². The molecule has 0 saturated heterocycles. The minimum atomic E-state index is -0.487. The summed E-state index contributed by atoms with van der Waals surface area (Å²) in [5, 5.41) is 0.702. The van der Waals surface area contributed by atoms with Gasteiger partial charge in [0.2, 0.25) is 0 Å². The van der Waals surface area contributed by atoms with Crippen LogP contribution in [0.4, 0.5) is 0 Å². The average molecular weight is 353 g/mol. The van der Waals surface area contributed by atoms with E-state index in [1.165, 1.54) is 16.7 Å². The molecule has 106 valence electrons. The van der Waals surface area contributed by atoms with Crippen LogP contribution in [-0.2, 0) is 12.0 Å². The van der Waals surface area contributed by atoms with Gasteiger partial charge in [-0.1, -0.05) is 51.8 Å².